The van der Waals surface area contributed by atoms with Gasteiger partial charge in [0.15, 0.2) is 5.78 Å². The van der Waals surface area contributed by atoms with Crippen LogP contribution in [0.1, 0.15) is 23.2 Å². The van der Waals surface area contributed by atoms with Crippen molar-refractivity contribution in [1.82, 2.24) is 24.9 Å². The Morgan fingerprint density at radius 3 is 2.55 bits per heavy atom. The molecule has 0 unspecified atom stereocenters. The number of ketones is 1. The van der Waals surface area contributed by atoms with E-state index in [1.54, 1.807) is 48.4 Å². The number of rotatable bonds is 5. The van der Waals surface area contributed by atoms with Gasteiger partial charge in [-0.05, 0) is 36.4 Å². The maximum absolute atomic E-state index is 12.8. The van der Waals surface area contributed by atoms with Crippen LogP contribution in [0.5, 0.6) is 0 Å². The molecule has 1 aliphatic rings. The number of piperidine rings is 1. The van der Waals surface area contributed by atoms with Crippen LogP contribution >= 0.6 is 11.3 Å². The normalized spacial score (nSPS) is 14.5. The third kappa shape index (κ3) is 4.06. The molecule has 0 amide bonds. The minimum atomic E-state index is 0.0103. The number of pyridine rings is 1. The summed E-state index contributed by atoms with van der Waals surface area (Å²) in [5.41, 5.74) is 3.15. The lowest BCUT2D eigenvalue weighted by Crippen LogP contribution is -2.37. The van der Waals surface area contributed by atoms with Crippen LogP contribution in [0.4, 0.5) is 5.95 Å². The van der Waals surface area contributed by atoms with Crippen LogP contribution in [0.3, 0.4) is 0 Å². The summed E-state index contributed by atoms with van der Waals surface area (Å²) in [7, 11) is 0. The average Bonchev–Trinajstić information content (AvgIpc) is 3.39. The van der Waals surface area contributed by atoms with Crippen molar-refractivity contribution in [2.45, 2.75) is 12.8 Å². The second kappa shape index (κ2) is 8.69. The molecule has 0 radical (unpaired) electrons. The second-order valence-electron chi connectivity index (χ2n) is 7.37. The van der Waals surface area contributed by atoms with Crippen molar-refractivity contribution in [3.8, 4) is 21.8 Å². The van der Waals surface area contributed by atoms with E-state index in [1.807, 2.05) is 23.7 Å². The zero-order valence-electron chi connectivity index (χ0n) is 16.8. The highest BCUT2D eigenvalue weighted by molar-refractivity contribution is 7.13. The van der Waals surface area contributed by atoms with Crippen LogP contribution in [-0.2, 0) is 0 Å². The smallest absolute Gasteiger partial charge is 0.225 e. The Morgan fingerprint density at radius 1 is 0.968 bits per heavy atom. The van der Waals surface area contributed by atoms with E-state index in [2.05, 4.69) is 30.9 Å². The van der Waals surface area contributed by atoms with Crippen LogP contribution in [0.2, 0.25) is 0 Å². The van der Waals surface area contributed by atoms with Gasteiger partial charge in [0.05, 0.1) is 22.5 Å². The lowest BCUT2D eigenvalue weighted by Gasteiger charge is -2.31. The molecule has 0 N–H and O–H groups in total. The van der Waals surface area contributed by atoms with Gasteiger partial charge in [-0.2, -0.15) is 0 Å². The lowest BCUT2D eigenvalue weighted by molar-refractivity contribution is 0.0900. The number of Topliss-reactive ketones (excluding diaryl/α,β-unsaturated/α-hetero) is 1. The molecule has 0 aromatic carbocycles. The van der Waals surface area contributed by atoms with Crippen molar-refractivity contribution in [1.29, 1.82) is 0 Å². The molecule has 154 valence electrons. The van der Waals surface area contributed by atoms with E-state index in [1.165, 1.54) is 0 Å². The Balaban J connectivity index is 1.38. The summed E-state index contributed by atoms with van der Waals surface area (Å²) in [6.45, 7) is 1.48. The number of nitrogens with zero attached hydrogens (tertiary/aromatic N) is 6. The van der Waals surface area contributed by atoms with Crippen LogP contribution in [0, 0.1) is 5.92 Å². The fourth-order valence-corrected chi connectivity index (χ4v) is 4.57. The number of anilines is 1. The summed E-state index contributed by atoms with van der Waals surface area (Å²) >= 11 is 1.63. The maximum Gasteiger partial charge on any atom is 0.225 e. The Labute approximate surface area is 183 Å². The van der Waals surface area contributed by atoms with E-state index in [4.69, 9.17) is 4.98 Å². The lowest BCUT2D eigenvalue weighted by atomic mass is 9.89. The Morgan fingerprint density at radius 2 is 1.84 bits per heavy atom. The molecular formula is C23H20N6OS. The number of carbonyl (C=O) groups is 1. The Kier molecular flexibility index (Phi) is 5.45. The molecule has 31 heavy (non-hydrogen) atoms. The van der Waals surface area contributed by atoms with E-state index in [0.717, 1.165) is 47.8 Å². The molecule has 5 rings (SSSR count). The standard InChI is InChI=1S/C23H20N6OS/c30-22(17-3-1-7-24-13-17)16-5-10-29(11-6-16)23-27-14-18(19-15-25-8-9-26-19)21(28-23)20-4-2-12-31-20/h1-4,7-9,12-16H,5-6,10-11H2. The zero-order chi connectivity index (χ0) is 21.0. The zero-order valence-corrected chi connectivity index (χ0v) is 17.6. The first-order chi connectivity index (χ1) is 15.3. The van der Waals surface area contributed by atoms with Gasteiger partial charge in [0.2, 0.25) is 5.95 Å². The van der Waals surface area contributed by atoms with Crippen molar-refractivity contribution >= 4 is 23.1 Å². The summed E-state index contributed by atoms with van der Waals surface area (Å²) in [4.78, 5) is 38.2. The van der Waals surface area contributed by atoms with Gasteiger partial charge in [0, 0.05) is 61.1 Å². The van der Waals surface area contributed by atoms with E-state index in [-0.39, 0.29) is 11.7 Å². The third-order valence-electron chi connectivity index (χ3n) is 5.46. The van der Waals surface area contributed by atoms with E-state index in [9.17, 15) is 4.79 Å². The molecule has 7 nitrogen and oxygen atoms in total. The van der Waals surface area contributed by atoms with Gasteiger partial charge in [-0.3, -0.25) is 19.7 Å². The SMILES string of the molecule is O=C(c1cccnc1)C1CCN(c2ncc(-c3cnccn3)c(-c3cccs3)n2)CC1. The monoisotopic (exact) mass is 428 g/mol. The van der Waals surface area contributed by atoms with Gasteiger partial charge in [-0.15, -0.1) is 11.3 Å². The van der Waals surface area contributed by atoms with Crippen molar-refractivity contribution in [3.05, 3.63) is 72.4 Å². The number of hydrogen-bond acceptors (Lipinski definition) is 8. The largest absolute Gasteiger partial charge is 0.341 e. The third-order valence-corrected chi connectivity index (χ3v) is 6.34. The minimum Gasteiger partial charge on any atom is -0.341 e. The Bertz CT molecular complexity index is 1160. The highest BCUT2D eigenvalue weighted by Crippen LogP contribution is 2.33. The van der Waals surface area contributed by atoms with Crippen molar-refractivity contribution in [2.75, 3.05) is 18.0 Å². The van der Waals surface area contributed by atoms with Gasteiger partial charge in [0.1, 0.15) is 0 Å². The first kappa shape index (κ1) is 19.4. The summed E-state index contributed by atoms with van der Waals surface area (Å²) in [6, 6.07) is 7.71. The van der Waals surface area contributed by atoms with E-state index >= 15 is 0 Å². The number of aromatic nitrogens is 5. The predicted octanol–water partition coefficient (Wildman–Crippen LogP) is 4.16. The molecule has 1 saturated heterocycles. The molecule has 4 aromatic rings. The first-order valence-corrected chi connectivity index (χ1v) is 11.0. The van der Waals surface area contributed by atoms with E-state index in [0.29, 0.717) is 11.5 Å². The quantitative estimate of drug-likeness (QED) is 0.441. The molecule has 0 saturated carbocycles. The minimum absolute atomic E-state index is 0.0103. The summed E-state index contributed by atoms with van der Waals surface area (Å²) in [5.74, 6) is 0.866. The molecule has 1 aliphatic heterocycles. The highest BCUT2D eigenvalue weighted by Gasteiger charge is 2.27. The van der Waals surface area contributed by atoms with Gasteiger partial charge >= 0.3 is 0 Å². The van der Waals surface area contributed by atoms with Gasteiger partial charge in [0.25, 0.3) is 0 Å². The molecule has 0 atom stereocenters. The predicted molar refractivity (Wildman–Crippen MR) is 120 cm³/mol. The maximum atomic E-state index is 12.8. The number of thiophene rings is 1. The van der Waals surface area contributed by atoms with Gasteiger partial charge in [-0.1, -0.05) is 6.07 Å². The van der Waals surface area contributed by atoms with Crippen molar-refractivity contribution in [3.63, 3.8) is 0 Å². The molecule has 0 bridgehead atoms. The summed E-state index contributed by atoms with van der Waals surface area (Å²) < 4.78 is 0. The Hall–Kier alpha value is -3.52. The fraction of sp³-hybridized carbons (Fsp3) is 0.217. The fourth-order valence-electron chi connectivity index (χ4n) is 3.84. The number of hydrogen-bond donors (Lipinski definition) is 0. The number of carbonyl (C=O) groups excluding carboxylic acids is 1. The molecule has 0 spiro atoms. The molecule has 5 heterocycles. The molecule has 1 fully saturated rings. The van der Waals surface area contributed by atoms with Crippen LogP contribution < -0.4 is 4.90 Å². The highest BCUT2D eigenvalue weighted by atomic mass is 32.1. The molecule has 8 heteroatoms. The topological polar surface area (TPSA) is 84.8 Å². The average molecular weight is 429 g/mol. The molecular weight excluding hydrogens is 408 g/mol. The summed E-state index contributed by atoms with van der Waals surface area (Å²) in [6.07, 6.45) is 11.8. The van der Waals surface area contributed by atoms with Gasteiger partial charge < -0.3 is 4.90 Å². The van der Waals surface area contributed by atoms with E-state index < -0.39 is 0 Å². The van der Waals surface area contributed by atoms with Crippen molar-refractivity contribution < 1.29 is 4.79 Å². The van der Waals surface area contributed by atoms with Crippen LogP contribution in [-0.4, -0.2) is 43.8 Å². The van der Waals surface area contributed by atoms with Gasteiger partial charge in [-0.25, -0.2) is 9.97 Å². The van der Waals surface area contributed by atoms with Crippen LogP contribution in [0.25, 0.3) is 21.8 Å². The van der Waals surface area contributed by atoms with Crippen molar-refractivity contribution in [2.24, 2.45) is 5.92 Å². The van der Waals surface area contributed by atoms with Crippen LogP contribution in [0.15, 0.2) is 66.8 Å². The summed E-state index contributed by atoms with van der Waals surface area (Å²) in [5, 5.41) is 2.03. The molecule has 4 aromatic heterocycles. The molecule has 0 aliphatic carbocycles. The first-order valence-electron chi connectivity index (χ1n) is 10.2. The second-order valence-corrected chi connectivity index (χ2v) is 8.32.